The molecule has 0 radical (unpaired) electrons. The molecule has 15 heavy (non-hydrogen) atoms. The lowest BCUT2D eigenvalue weighted by molar-refractivity contribution is 0.683. The summed E-state index contributed by atoms with van der Waals surface area (Å²) in [6.07, 6.45) is 7.29. The van der Waals surface area contributed by atoms with E-state index in [1.54, 1.807) is 17.1 Å². The molecule has 1 atom stereocenters. The third-order valence-electron chi connectivity index (χ3n) is 2.29. The number of rotatable bonds is 3. The molecule has 2 heterocycles. The molecule has 0 aliphatic rings. The minimum absolute atomic E-state index is 0.120. The topological polar surface area (TPSA) is 55.6 Å². The highest BCUT2D eigenvalue weighted by Gasteiger charge is 2.13. The first-order chi connectivity index (χ1) is 7.31. The first kappa shape index (κ1) is 9.79. The average molecular weight is 203 g/mol. The summed E-state index contributed by atoms with van der Waals surface area (Å²) in [5.74, 6) is 0. The highest BCUT2D eigenvalue weighted by Crippen LogP contribution is 2.19. The fourth-order valence-corrected chi connectivity index (χ4v) is 1.59. The van der Waals surface area contributed by atoms with Crippen molar-refractivity contribution in [2.24, 2.45) is 7.05 Å². The SMILES string of the molecule is CNC(c1ccnnc1)c1cnn(C)c1. The van der Waals surface area contributed by atoms with Crippen molar-refractivity contribution in [3.8, 4) is 0 Å². The Bertz CT molecular complexity index is 422. The van der Waals surface area contributed by atoms with Crippen molar-refractivity contribution in [2.75, 3.05) is 7.05 Å². The highest BCUT2D eigenvalue weighted by atomic mass is 15.2. The molecule has 1 N–H and O–H groups in total. The van der Waals surface area contributed by atoms with E-state index in [-0.39, 0.29) is 6.04 Å². The molecule has 0 fully saturated rings. The van der Waals surface area contributed by atoms with Crippen LogP contribution >= 0.6 is 0 Å². The van der Waals surface area contributed by atoms with Crippen molar-refractivity contribution < 1.29 is 0 Å². The van der Waals surface area contributed by atoms with Gasteiger partial charge in [0.05, 0.1) is 18.4 Å². The molecule has 2 aromatic heterocycles. The fourth-order valence-electron chi connectivity index (χ4n) is 1.59. The monoisotopic (exact) mass is 203 g/mol. The smallest absolute Gasteiger partial charge is 0.0621 e. The second-order valence-corrected chi connectivity index (χ2v) is 3.34. The van der Waals surface area contributed by atoms with Gasteiger partial charge in [-0.05, 0) is 18.7 Å². The molecule has 78 valence electrons. The maximum Gasteiger partial charge on any atom is 0.0621 e. The predicted molar refractivity (Wildman–Crippen MR) is 56.1 cm³/mol. The molecule has 0 aliphatic carbocycles. The molecule has 0 aromatic carbocycles. The number of hydrogen-bond acceptors (Lipinski definition) is 4. The van der Waals surface area contributed by atoms with Crippen molar-refractivity contribution in [1.29, 1.82) is 0 Å². The van der Waals surface area contributed by atoms with E-state index in [9.17, 15) is 0 Å². The van der Waals surface area contributed by atoms with Gasteiger partial charge in [0.25, 0.3) is 0 Å². The van der Waals surface area contributed by atoms with Gasteiger partial charge in [0.1, 0.15) is 0 Å². The Labute approximate surface area is 88.1 Å². The first-order valence-corrected chi connectivity index (χ1v) is 4.73. The van der Waals surface area contributed by atoms with E-state index in [2.05, 4.69) is 20.6 Å². The van der Waals surface area contributed by atoms with Gasteiger partial charge in [-0.2, -0.15) is 15.3 Å². The van der Waals surface area contributed by atoms with E-state index in [0.29, 0.717) is 0 Å². The third-order valence-corrected chi connectivity index (χ3v) is 2.29. The zero-order valence-electron chi connectivity index (χ0n) is 8.75. The van der Waals surface area contributed by atoms with Gasteiger partial charge in [-0.1, -0.05) is 0 Å². The summed E-state index contributed by atoms with van der Waals surface area (Å²) in [5, 5.41) is 15.0. The summed E-state index contributed by atoms with van der Waals surface area (Å²) in [4.78, 5) is 0. The molecule has 0 amide bonds. The van der Waals surface area contributed by atoms with Gasteiger partial charge in [-0.3, -0.25) is 4.68 Å². The zero-order chi connectivity index (χ0) is 10.7. The Kier molecular flexibility index (Phi) is 2.73. The van der Waals surface area contributed by atoms with Crippen LogP contribution in [0.4, 0.5) is 0 Å². The van der Waals surface area contributed by atoms with Crippen LogP contribution in [-0.4, -0.2) is 27.0 Å². The molecule has 1 unspecified atom stereocenters. The van der Waals surface area contributed by atoms with Crippen molar-refractivity contribution in [2.45, 2.75) is 6.04 Å². The number of aromatic nitrogens is 4. The average Bonchev–Trinajstić information content (AvgIpc) is 2.68. The van der Waals surface area contributed by atoms with Gasteiger partial charge in [0.2, 0.25) is 0 Å². The largest absolute Gasteiger partial charge is 0.309 e. The molecule has 0 saturated carbocycles. The van der Waals surface area contributed by atoms with Crippen LogP contribution in [-0.2, 0) is 7.05 Å². The van der Waals surface area contributed by atoms with E-state index in [4.69, 9.17) is 0 Å². The fraction of sp³-hybridized carbons (Fsp3) is 0.300. The second kappa shape index (κ2) is 4.18. The number of nitrogens with one attached hydrogen (secondary N) is 1. The molecule has 0 saturated heterocycles. The normalized spacial score (nSPS) is 12.7. The summed E-state index contributed by atoms with van der Waals surface area (Å²) in [5.41, 5.74) is 2.20. The molecule has 5 heteroatoms. The lowest BCUT2D eigenvalue weighted by Crippen LogP contribution is -2.17. The molecular formula is C10H13N5. The third kappa shape index (κ3) is 2.02. The van der Waals surface area contributed by atoms with Crippen LogP contribution < -0.4 is 5.32 Å². The van der Waals surface area contributed by atoms with Gasteiger partial charge in [0.15, 0.2) is 0 Å². The molecule has 2 aromatic rings. The van der Waals surface area contributed by atoms with Gasteiger partial charge in [0, 0.05) is 25.0 Å². The molecule has 5 nitrogen and oxygen atoms in total. The minimum atomic E-state index is 0.120. The predicted octanol–water partition coefficient (Wildman–Crippen LogP) is 0.519. The Morgan fingerprint density at radius 3 is 2.67 bits per heavy atom. The van der Waals surface area contributed by atoms with Crippen LogP contribution in [0.1, 0.15) is 17.2 Å². The lowest BCUT2D eigenvalue weighted by atomic mass is 10.0. The second-order valence-electron chi connectivity index (χ2n) is 3.34. The summed E-state index contributed by atoms with van der Waals surface area (Å²) in [6, 6.07) is 2.07. The molecule has 0 aliphatic heterocycles. The van der Waals surface area contributed by atoms with Crippen LogP contribution in [0.5, 0.6) is 0 Å². The first-order valence-electron chi connectivity index (χ1n) is 4.73. The zero-order valence-corrected chi connectivity index (χ0v) is 8.75. The molecule has 2 rings (SSSR count). The maximum atomic E-state index is 4.15. The van der Waals surface area contributed by atoms with Gasteiger partial charge >= 0.3 is 0 Å². The van der Waals surface area contributed by atoms with E-state index in [1.165, 1.54) is 0 Å². The highest BCUT2D eigenvalue weighted by molar-refractivity contribution is 5.25. The quantitative estimate of drug-likeness (QED) is 0.790. The van der Waals surface area contributed by atoms with Crippen LogP contribution in [0.3, 0.4) is 0 Å². The minimum Gasteiger partial charge on any atom is -0.309 e. The van der Waals surface area contributed by atoms with E-state index < -0.39 is 0 Å². The number of hydrogen-bond donors (Lipinski definition) is 1. The van der Waals surface area contributed by atoms with E-state index in [0.717, 1.165) is 11.1 Å². The summed E-state index contributed by atoms with van der Waals surface area (Å²) < 4.78 is 1.79. The van der Waals surface area contributed by atoms with Crippen molar-refractivity contribution in [1.82, 2.24) is 25.3 Å². The van der Waals surface area contributed by atoms with Crippen LogP contribution in [0.25, 0.3) is 0 Å². The maximum absolute atomic E-state index is 4.15. The standard InChI is InChI=1S/C10H13N5/c1-11-10(8-3-4-12-13-5-8)9-6-14-15(2)7-9/h3-7,10-11H,1-2H3. The van der Waals surface area contributed by atoms with Crippen molar-refractivity contribution in [3.05, 3.63) is 42.0 Å². The number of aryl methyl sites for hydroxylation is 1. The van der Waals surface area contributed by atoms with Gasteiger partial charge < -0.3 is 5.32 Å². The molecule has 0 bridgehead atoms. The Balaban J connectivity index is 2.33. The van der Waals surface area contributed by atoms with Crippen LogP contribution in [0.15, 0.2) is 30.9 Å². The summed E-state index contributed by atoms with van der Waals surface area (Å²) in [7, 11) is 3.82. The van der Waals surface area contributed by atoms with E-state index in [1.807, 2.05) is 32.6 Å². The van der Waals surface area contributed by atoms with Crippen LogP contribution in [0, 0.1) is 0 Å². The summed E-state index contributed by atoms with van der Waals surface area (Å²) >= 11 is 0. The summed E-state index contributed by atoms with van der Waals surface area (Å²) in [6.45, 7) is 0. The molecular weight excluding hydrogens is 190 g/mol. The Hall–Kier alpha value is -1.75. The number of nitrogens with zero attached hydrogens (tertiary/aromatic N) is 4. The van der Waals surface area contributed by atoms with Gasteiger partial charge in [-0.25, -0.2) is 0 Å². The van der Waals surface area contributed by atoms with Crippen LogP contribution in [0.2, 0.25) is 0 Å². The van der Waals surface area contributed by atoms with Crippen molar-refractivity contribution >= 4 is 0 Å². The van der Waals surface area contributed by atoms with Gasteiger partial charge in [-0.15, -0.1) is 0 Å². The Morgan fingerprint density at radius 2 is 2.13 bits per heavy atom. The Morgan fingerprint density at radius 1 is 1.27 bits per heavy atom. The van der Waals surface area contributed by atoms with Crippen molar-refractivity contribution in [3.63, 3.8) is 0 Å². The molecule has 0 spiro atoms. The lowest BCUT2D eigenvalue weighted by Gasteiger charge is -2.13. The van der Waals surface area contributed by atoms with E-state index >= 15 is 0 Å².